The fourth-order valence-electron chi connectivity index (χ4n) is 2.28. The molecule has 1 aromatic heterocycles. The van der Waals surface area contributed by atoms with Crippen molar-refractivity contribution in [3.05, 3.63) is 71.1 Å². The van der Waals surface area contributed by atoms with Crippen molar-refractivity contribution < 1.29 is 9.84 Å². The lowest BCUT2D eigenvalue weighted by atomic mass is 10.0. The van der Waals surface area contributed by atoms with Crippen molar-refractivity contribution in [2.75, 3.05) is 13.2 Å². The van der Waals surface area contributed by atoms with Crippen molar-refractivity contribution >= 4 is 6.08 Å². The number of aliphatic hydroxyl groups excluding tert-OH is 1. The molecule has 2 rings (SSSR count). The Morgan fingerprint density at radius 1 is 1.22 bits per heavy atom. The van der Waals surface area contributed by atoms with Gasteiger partial charge in [0.1, 0.15) is 0 Å². The fraction of sp³-hybridized carbons (Fsp3) is 0.350. The predicted octanol–water partition coefficient (Wildman–Crippen LogP) is 3.86. The molecule has 0 spiro atoms. The van der Waals surface area contributed by atoms with Crippen LogP contribution in [0.15, 0.2) is 54.4 Å². The third kappa shape index (κ3) is 6.76. The van der Waals surface area contributed by atoms with Gasteiger partial charge in [0, 0.05) is 19.0 Å². The first-order chi connectivity index (χ1) is 11.1. The Bertz CT molecular complexity index is 603. The van der Waals surface area contributed by atoms with E-state index in [1.165, 1.54) is 22.3 Å². The van der Waals surface area contributed by atoms with Crippen LogP contribution in [-0.2, 0) is 11.2 Å². The lowest BCUT2D eigenvalue weighted by molar-refractivity contribution is 0.102. The van der Waals surface area contributed by atoms with Crippen LogP contribution in [0.4, 0.5) is 0 Å². The third-order valence-electron chi connectivity index (χ3n) is 3.53. The van der Waals surface area contributed by atoms with E-state index < -0.39 is 0 Å². The van der Waals surface area contributed by atoms with Gasteiger partial charge in [0.2, 0.25) is 0 Å². The standard InChI is InChI=1S/C20H25NO2/c1-16(15-23-11-9-17(2)22)12-18-5-7-19(8-6-18)13-20-4-3-10-21-14-20/h3-8,10,12,14,17,22H,9,11,13,15H2,1-2H3/b16-12+. The minimum absolute atomic E-state index is 0.299. The van der Waals surface area contributed by atoms with Crippen molar-refractivity contribution in [2.24, 2.45) is 0 Å². The summed E-state index contributed by atoms with van der Waals surface area (Å²) in [5.74, 6) is 0. The number of pyridine rings is 1. The van der Waals surface area contributed by atoms with Crippen LogP contribution in [-0.4, -0.2) is 29.4 Å². The van der Waals surface area contributed by atoms with Crippen LogP contribution >= 0.6 is 0 Å². The summed E-state index contributed by atoms with van der Waals surface area (Å²) in [6.45, 7) is 5.03. The molecule has 0 saturated heterocycles. The summed E-state index contributed by atoms with van der Waals surface area (Å²) in [6, 6.07) is 12.6. The van der Waals surface area contributed by atoms with Crippen LogP contribution in [0.5, 0.6) is 0 Å². The number of hydrogen-bond donors (Lipinski definition) is 1. The van der Waals surface area contributed by atoms with Crippen LogP contribution in [0, 0.1) is 0 Å². The van der Waals surface area contributed by atoms with E-state index in [-0.39, 0.29) is 6.10 Å². The third-order valence-corrected chi connectivity index (χ3v) is 3.53. The summed E-state index contributed by atoms with van der Waals surface area (Å²) >= 11 is 0. The summed E-state index contributed by atoms with van der Waals surface area (Å²) < 4.78 is 5.55. The van der Waals surface area contributed by atoms with Gasteiger partial charge < -0.3 is 9.84 Å². The average Bonchev–Trinajstić information content (AvgIpc) is 2.54. The number of hydrogen-bond acceptors (Lipinski definition) is 3. The Kier molecular flexibility index (Phi) is 6.98. The SMILES string of the molecule is C/C(=C\c1ccc(Cc2cccnc2)cc1)COCCC(C)O. The topological polar surface area (TPSA) is 42.4 Å². The van der Waals surface area contributed by atoms with Gasteiger partial charge in [-0.05, 0) is 55.0 Å². The number of aromatic nitrogens is 1. The molecule has 0 amide bonds. The second-order valence-corrected chi connectivity index (χ2v) is 5.96. The van der Waals surface area contributed by atoms with Gasteiger partial charge in [0.15, 0.2) is 0 Å². The van der Waals surface area contributed by atoms with E-state index in [4.69, 9.17) is 4.74 Å². The molecule has 3 nitrogen and oxygen atoms in total. The van der Waals surface area contributed by atoms with Crippen molar-refractivity contribution in [1.82, 2.24) is 4.98 Å². The molecule has 122 valence electrons. The zero-order chi connectivity index (χ0) is 16.5. The minimum atomic E-state index is -0.299. The molecule has 0 aliphatic rings. The Hall–Kier alpha value is -1.97. The molecule has 1 N–H and O–H groups in total. The summed E-state index contributed by atoms with van der Waals surface area (Å²) in [5, 5.41) is 9.19. The number of benzene rings is 1. The van der Waals surface area contributed by atoms with E-state index in [0.29, 0.717) is 19.6 Å². The number of ether oxygens (including phenoxy) is 1. The molecule has 1 heterocycles. The first-order valence-corrected chi connectivity index (χ1v) is 8.04. The highest BCUT2D eigenvalue weighted by Crippen LogP contribution is 2.12. The van der Waals surface area contributed by atoms with E-state index in [9.17, 15) is 5.11 Å². The molecule has 0 saturated carbocycles. The highest BCUT2D eigenvalue weighted by Gasteiger charge is 1.98. The molecule has 1 atom stereocenters. The Balaban J connectivity index is 1.85. The van der Waals surface area contributed by atoms with Crippen molar-refractivity contribution in [1.29, 1.82) is 0 Å². The first-order valence-electron chi connectivity index (χ1n) is 8.04. The summed E-state index contributed by atoms with van der Waals surface area (Å²) in [5.41, 5.74) is 4.85. The molecule has 1 aromatic carbocycles. The molecule has 1 unspecified atom stereocenters. The Morgan fingerprint density at radius 3 is 2.65 bits per heavy atom. The zero-order valence-electron chi connectivity index (χ0n) is 13.9. The number of rotatable bonds is 8. The average molecular weight is 311 g/mol. The Morgan fingerprint density at radius 2 is 2.00 bits per heavy atom. The van der Waals surface area contributed by atoms with E-state index in [0.717, 1.165) is 6.42 Å². The maximum absolute atomic E-state index is 9.19. The smallest absolute Gasteiger partial charge is 0.0677 e. The van der Waals surface area contributed by atoms with E-state index >= 15 is 0 Å². The van der Waals surface area contributed by atoms with Crippen LogP contribution in [0.1, 0.15) is 37.0 Å². The number of nitrogens with zero attached hydrogens (tertiary/aromatic N) is 1. The summed E-state index contributed by atoms with van der Waals surface area (Å²) in [4.78, 5) is 4.15. The number of aliphatic hydroxyl groups is 1. The molecule has 0 bridgehead atoms. The van der Waals surface area contributed by atoms with Crippen LogP contribution < -0.4 is 0 Å². The van der Waals surface area contributed by atoms with Gasteiger partial charge in [0.05, 0.1) is 12.7 Å². The summed E-state index contributed by atoms with van der Waals surface area (Å²) in [7, 11) is 0. The fourth-order valence-corrected chi connectivity index (χ4v) is 2.28. The highest BCUT2D eigenvalue weighted by molar-refractivity contribution is 5.53. The Labute approximate surface area is 138 Å². The molecule has 0 aliphatic heterocycles. The van der Waals surface area contributed by atoms with Crippen LogP contribution in [0.3, 0.4) is 0 Å². The lowest BCUT2D eigenvalue weighted by Crippen LogP contribution is -2.06. The minimum Gasteiger partial charge on any atom is -0.393 e. The second kappa shape index (κ2) is 9.23. The van der Waals surface area contributed by atoms with Gasteiger partial charge in [-0.15, -0.1) is 0 Å². The highest BCUT2D eigenvalue weighted by atomic mass is 16.5. The molecule has 2 aromatic rings. The molecule has 0 radical (unpaired) electrons. The molecular weight excluding hydrogens is 286 g/mol. The van der Waals surface area contributed by atoms with Crippen LogP contribution in [0.2, 0.25) is 0 Å². The van der Waals surface area contributed by atoms with E-state index in [1.807, 2.05) is 12.3 Å². The molecule has 0 fully saturated rings. The zero-order valence-corrected chi connectivity index (χ0v) is 13.9. The summed E-state index contributed by atoms with van der Waals surface area (Å²) in [6.07, 6.45) is 7.12. The second-order valence-electron chi connectivity index (χ2n) is 5.96. The largest absolute Gasteiger partial charge is 0.393 e. The van der Waals surface area contributed by atoms with Crippen molar-refractivity contribution in [3.63, 3.8) is 0 Å². The molecular formula is C20H25NO2. The quantitative estimate of drug-likeness (QED) is 0.753. The maximum atomic E-state index is 9.19. The van der Waals surface area contributed by atoms with Crippen LogP contribution in [0.25, 0.3) is 6.08 Å². The molecule has 23 heavy (non-hydrogen) atoms. The van der Waals surface area contributed by atoms with Gasteiger partial charge >= 0.3 is 0 Å². The van der Waals surface area contributed by atoms with Crippen molar-refractivity contribution in [2.45, 2.75) is 32.8 Å². The lowest BCUT2D eigenvalue weighted by Gasteiger charge is -2.07. The predicted molar refractivity (Wildman–Crippen MR) is 94.3 cm³/mol. The normalized spacial score (nSPS) is 13.1. The van der Waals surface area contributed by atoms with E-state index in [1.54, 1.807) is 13.1 Å². The van der Waals surface area contributed by atoms with Gasteiger partial charge in [0.25, 0.3) is 0 Å². The van der Waals surface area contributed by atoms with E-state index in [2.05, 4.69) is 48.3 Å². The van der Waals surface area contributed by atoms with Crippen molar-refractivity contribution in [3.8, 4) is 0 Å². The molecule has 0 aliphatic carbocycles. The maximum Gasteiger partial charge on any atom is 0.0677 e. The molecule has 3 heteroatoms. The van der Waals surface area contributed by atoms with Gasteiger partial charge in [-0.1, -0.05) is 36.4 Å². The van der Waals surface area contributed by atoms with Gasteiger partial charge in [-0.3, -0.25) is 4.98 Å². The monoisotopic (exact) mass is 311 g/mol. The first kappa shape index (κ1) is 17.4. The van der Waals surface area contributed by atoms with Gasteiger partial charge in [-0.25, -0.2) is 0 Å². The van der Waals surface area contributed by atoms with Gasteiger partial charge in [-0.2, -0.15) is 0 Å².